The van der Waals surface area contributed by atoms with Gasteiger partial charge in [0.05, 0.1) is 1.37 Å². The van der Waals surface area contributed by atoms with Crippen LogP contribution in [0.15, 0.2) is 24.8 Å². The number of hydrogen-bond acceptors (Lipinski definition) is 0. The van der Waals surface area contributed by atoms with Crippen LogP contribution in [-0.2, 0) is 0 Å². The first kappa shape index (κ1) is 13.5. The van der Waals surface area contributed by atoms with E-state index in [0.717, 1.165) is 5.57 Å². The van der Waals surface area contributed by atoms with Crippen molar-refractivity contribution < 1.29 is 2.74 Å². The lowest BCUT2D eigenvalue weighted by Gasteiger charge is -2.24. The van der Waals surface area contributed by atoms with Gasteiger partial charge in [0.1, 0.15) is 0 Å². The van der Waals surface area contributed by atoms with Crippen LogP contribution in [0.3, 0.4) is 0 Å². The van der Waals surface area contributed by atoms with Gasteiger partial charge in [-0.25, -0.2) is 0 Å². The molecule has 0 aromatic carbocycles. The van der Waals surface area contributed by atoms with Crippen molar-refractivity contribution in [1.82, 2.24) is 0 Å². The van der Waals surface area contributed by atoms with Crippen molar-refractivity contribution in [3.63, 3.8) is 0 Å². The Morgan fingerprint density at radius 3 is 1.56 bits per heavy atom. The quantitative estimate of drug-likeness (QED) is 0.541. The molecule has 16 heavy (non-hydrogen) atoms. The molecule has 0 unspecified atom stereocenters. The molecule has 0 amide bonds. The number of hydrogen-bond donors (Lipinski definition) is 0. The molecular formula is C16H32. The lowest BCUT2D eigenvalue weighted by Crippen LogP contribution is -2.14. The van der Waals surface area contributed by atoms with E-state index in [0.29, 0.717) is 17.9 Å². The van der Waals surface area contributed by atoms with Crippen molar-refractivity contribution in [3.05, 3.63) is 24.8 Å². The predicted octanol–water partition coefficient (Wildman–Crippen LogP) is 5.71. The van der Waals surface area contributed by atoms with Gasteiger partial charge in [0, 0.05) is 1.37 Å². The molecule has 0 bridgehead atoms. The maximum absolute atomic E-state index is 7.57. The average molecular weight is 228 g/mol. The van der Waals surface area contributed by atoms with Crippen molar-refractivity contribution in [3.8, 4) is 0 Å². The minimum atomic E-state index is -0.464. The molecular weight excluding hydrogens is 192 g/mol. The van der Waals surface area contributed by atoms with Gasteiger partial charge in [-0.1, -0.05) is 73.6 Å². The summed E-state index contributed by atoms with van der Waals surface area (Å²) in [5, 5.41) is 0. The maximum atomic E-state index is 7.57. The highest BCUT2D eigenvalue weighted by molar-refractivity contribution is 4.99. The summed E-state index contributed by atoms with van der Waals surface area (Å²) in [6.07, 6.45) is 0. The Bertz CT molecular complexity index is 278. The van der Waals surface area contributed by atoms with Crippen LogP contribution in [-0.4, -0.2) is 0 Å². The monoisotopic (exact) mass is 228 g/mol. The second-order valence-electron chi connectivity index (χ2n) is 5.73. The zero-order valence-electron chi connectivity index (χ0n) is 14.6. The first-order valence-corrected chi connectivity index (χ1v) is 6.09. The van der Waals surface area contributed by atoms with Gasteiger partial charge in [-0.15, -0.1) is 6.58 Å². The maximum Gasteiger partial charge on any atom is 0.0575 e. The van der Waals surface area contributed by atoms with E-state index in [1.807, 2.05) is 27.7 Å². The Balaban J connectivity index is 0. The fourth-order valence-corrected chi connectivity index (χ4v) is 0.781. The molecule has 0 spiro atoms. The number of rotatable bonds is 4. The highest BCUT2D eigenvalue weighted by atomic mass is 14.2. The van der Waals surface area contributed by atoms with E-state index in [2.05, 4.69) is 40.9 Å². The van der Waals surface area contributed by atoms with Crippen LogP contribution in [0.25, 0.3) is 0 Å². The Hall–Kier alpha value is -0.520. The normalized spacial score (nSPS) is 13.9. The Morgan fingerprint density at radius 1 is 1.19 bits per heavy atom. The summed E-state index contributed by atoms with van der Waals surface area (Å²) in [5.74, 6) is 0.466. The zero-order valence-corrected chi connectivity index (χ0v) is 12.6. The zero-order chi connectivity index (χ0) is 15.3. The molecule has 0 fully saturated rings. The third-order valence-corrected chi connectivity index (χ3v) is 3.24. The molecule has 0 saturated heterocycles. The van der Waals surface area contributed by atoms with Crippen molar-refractivity contribution in [2.24, 2.45) is 23.1 Å². The van der Waals surface area contributed by atoms with Crippen LogP contribution >= 0.6 is 0 Å². The fraction of sp³-hybridized carbons (Fsp3) is 0.750. The number of allylic oxidation sites excluding steroid dienone is 2. The topological polar surface area (TPSA) is 0 Å². The molecule has 0 aliphatic carbocycles. The van der Waals surface area contributed by atoms with E-state index in [1.165, 1.54) is 0 Å². The van der Waals surface area contributed by atoms with E-state index < -0.39 is 5.89 Å². The minimum absolute atomic E-state index is 0.0278. The SMILES string of the molecule is [3H]C(=C)C(C)(C)C(C)C.[3H]C(C)(C)C(=C)C(C)C. The molecule has 96 valence electrons. The third kappa shape index (κ3) is 7.73. The molecule has 0 N–H and O–H groups in total. The molecule has 0 aromatic heterocycles. The lowest BCUT2D eigenvalue weighted by atomic mass is 9.82. The summed E-state index contributed by atoms with van der Waals surface area (Å²) in [6, 6.07) is 0.525. The van der Waals surface area contributed by atoms with Crippen LogP contribution in [0.4, 0.5) is 0 Å². The third-order valence-electron chi connectivity index (χ3n) is 3.24. The highest BCUT2D eigenvalue weighted by Gasteiger charge is 2.16. The van der Waals surface area contributed by atoms with Gasteiger partial charge in [0.15, 0.2) is 0 Å². The van der Waals surface area contributed by atoms with Crippen molar-refractivity contribution in [2.75, 3.05) is 0 Å². The summed E-state index contributed by atoms with van der Waals surface area (Å²) < 4.78 is 14.9. The summed E-state index contributed by atoms with van der Waals surface area (Å²) in [7, 11) is 0. The Labute approximate surface area is 107 Å². The molecule has 0 heterocycles. The second kappa shape index (κ2) is 7.70. The summed E-state index contributed by atoms with van der Waals surface area (Å²) in [6.45, 7) is 23.6. The second-order valence-corrected chi connectivity index (χ2v) is 5.73. The van der Waals surface area contributed by atoms with Gasteiger partial charge in [-0.3, -0.25) is 0 Å². The first-order chi connectivity index (χ1) is 7.74. The van der Waals surface area contributed by atoms with Crippen LogP contribution < -0.4 is 0 Å². The van der Waals surface area contributed by atoms with Gasteiger partial charge in [0.2, 0.25) is 0 Å². The van der Waals surface area contributed by atoms with E-state index >= 15 is 0 Å². The molecule has 0 radical (unpaired) electrons. The molecule has 0 aliphatic rings. The van der Waals surface area contributed by atoms with Crippen LogP contribution in [0.1, 0.15) is 58.1 Å². The van der Waals surface area contributed by atoms with Crippen LogP contribution in [0.2, 0.25) is 0 Å². The van der Waals surface area contributed by atoms with Gasteiger partial charge in [0.25, 0.3) is 0 Å². The summed E-state index contributed by atoms with van der Waals surface area (Å²) >= 11 is 0. The molecule has 0 nitrogen and oxygen atoms in total. The highest BCUT2D eigenvalue weighted by Crippen LogP contribution is 2.26. The first-order valence-electron chi connectivity index (χ1n) is 7.09. The van der Waals surface area contributed by atoms with Crippen molar-refractivity contribution in [1.29, 1.82) is 0 Å². The van der Waals surface area contributed by atoms with Gasteiger partial charge in [-0.05, 0) is 23.1 Å². The average Bonchev–Trinajstić information content (AvgIpc) is 2.15. The fourth-order valence-electron chi connectivity index (χ4n) is 0.781. The van der Waals surface area contributed by atoms with Crippen LogP contribution in [0, 0.1) is 23.1 Å². The van der Waals surface area contributed by atoms with E-state index in [-0.39, 0.29) is 5.41 Å². The largest absolute Gasteiger partial charge is 0.103 e. The minimum Gasteiger partial charge on any atom is -0.103 e. The van der Waals surface area contributed by atoms with Crippen molar-refractivity contribution >= 4 is 0 Å². The van der Waals surface area contributed by atoms with E-state index in [4.69, 9.17) is 2.74 Å². The smallest absolute Gasteiger partial charge is 0.0575 e. The Morgan fingerprint density at radius 2 is 1.56 bits per heavy atom. The van der Waals surface area contributed by atoms with Crippen LogP contribution in [0.5, 0.6) is 0 Å². The van der Waals surface area contributed by atoms with E-state index in [1.54, 1.807) is 0 Å². The predicted molar refractivity (Wildman–Crippen MR) is 77.6 cm³/mol. The molecule has 0 atom stereocenters. The molecule has 0 aliphatic heterocycles. The Kier molecular flexibility index (Phi) is 6.52. The van der Waals surface area contributed by atoms with Crippen molar-refractivity contribution in [2.45, 2.75) is 55.4 Å². The molecule has 0 aromatic rings. The molecule has 0 rings (SSSR count). The van der Waals surface area contributed by atoms with Gasteiger partial charge < -0.3 is 0 Å². The standard InChI is InChI=1S/2C8H16/c1-6-8(4,5)7(2)3;1-6(2)8(5)7(3)4/h6-7H,1H2,2-5H3;6-7H,5H2,1-4H3/i2*6T. The summed E-state index contributed by atoms with van der Waals surface area (Å²) in [5.41, 5.74) is 0.975. The lowest BCUT2D eigenvalue weighted by molar-refractivity contribution is 0.334. The molecule has 0 heteroatoms. The summed E-state index contributed by atoms with van der Waals surface area (Å²) in [4.78, 5) is 0. The van der Waals surface area contributed by atoms with Gasteiger partial charge in [-0.2, -0.15) is 0 Å². The molecule has 0 saturated carbocycles. The van der Waals surface area contributed by atoms with Gasteiger partial charge >= 0.3 is 0 Å². The van der Waals surface area contributed by atoms with E-state index in [9.17, 15) is 0 Å².